The van der Waals surface area contributed by atoms with Gasteiger partial charge in [-0.1, -0.05) is 0 Å². The highest BCUT2D eigenvalue weighted by atomic mass is 79.9. The number of rotatable bonds is 4. The molecule has 0 amide bonds. The summed E-state index contributed by atoms with van der Waals surface area (Å²) in [6.45, 7) is 2.45. The summed E-state index contributed by atoms with van der Waals surface area (Å²) in [6, 6.07) is 2.17. The number of hydrogen-bond acceptors (Lipinski definition) is 6. The van der Waals surface area contributed by atoms with Crippen molar-refractivity contribution in [2.24, 2.45) is 11.8 Å². The summed E-state index contributed by atoms with van der Waals surface area (Å²) in [5.41, 5.74) is 2.47. The second kappa shape index (κ2) is 5.63. The van der Waals surface area contributed by atoms with Crippen molar-refractivity contribution in [2.75, 3.05) is 23.9 Å². The highest BCUT2D eigenvalue weighted by Gasteiger charge is 2.13. The molecular weight excluding hydrogens is 272 g/mol. The molecule has 1 aromatic rings. The lowest BCUT2D eigenvalue weighted by Crippen LogP contribution is -2.25. The zero-order valence-corrected chi connectivity index (χ0v) is 10.7. The highest BCUT2D eigenvalue weighted by molar-refractivity contribution is 9.10. The van der Waals surface area contributed by atoms with E-state index in [1.54, 1.807) is 0 Å². The van der Waals surface area contributed by atoms with E-state index in [-0.39, 0.29) is 5.92 Å². The van der Waals surface area contributed by atoms with Crippen LogP contribution in [-0.4, -0.2) is 23.6 Å². The first-order valence-electron chi connectivity index (χ1n) is 4.68. The molecular formula is C9H13BrN6. The van der Waals surface area contributed by atoms with Crippen molar-refractivity contribution < 1.29 is 0 Å². The maximum absolute atomic E-state index is 8.75. The number of halogens is 1. The normalized spacial score (nSPS) is 11.7. The SMILES string of the molecule is CC(C#N)CN(C)c1ncnc(NN)c1Br. The zero-order valence-electron chi connectivity index (χ0n) is 9.11. The molecule has 1 atom stereocenters. The predicted molar refractivity (Wildman–Crippen MR) is 65.6 cm³/mol. The summed E-state index contributed by atoms with van der Waals surface area (Å²) in [5, 5.41) is 8.75. The third kappa shape index (κ3) is 2.81. The van der Waals surface area contributed by atoms with Crippen LogP contribution in [-0.2, 0) is 0 Å². The average molecular weight is 285 g/mol. The van der Waals surface area contributed by atoms with Gasteiger partial charge in [-0.25, -0.2) is 15.8 Å². The van der Waals surface area contributed by atoms with Crippen molar-refractivity contribution in [3.63, 3.8) is 0 Å². The van der Waals surface area contributed by atoms with Crippen LogP contribution in [0.25, 0.3) is 0 Å². The van der Waals surface area contributed by atoms with E-state index in [2.05, 4.69) is 37.4 Å². The van der Waals surface area contributed by atoms with Crippen molar-refractivity contribution in [3.8, 4) is 6.07 Å². The second-order valence-electron chi connectivity index (χ2n) is 3.41. The molecule has 0 radical (unpaired) electrons. The lowest BCUT2D eigenvalue weighted by Gasteiger charge is -2.20. The van der Waals surface area contributed by atoms with Gasteiger partial charge in [-0.15, -0.1) is 0 Å². The Labute approximate surface area is 103 Å². The molecule has 6 nitrogen and oxygen atoms in total. The highest BCUT2D eigenvalue weighted by Crippen LogP contribution is 2.28. The smallest absolute Gasteiger partial charge is 0.159 e. The van der Waals surface area contributed by atoms with E-state index in [1.807, 2.05) is 18.9 Å². The van der Waals surface area contributed by atoms with Gasteiger partial charge in [0.15, 0.2) is 5.82 Å². The van der Waals surface area contributed by atoms with Crippen LogP contribution in [0.5, 0.6) is 0 Å². The minimum atomic E-state index is -0.0684. The van der Waals surface area contributed by atoms with Gasteiger partial charge in [-0.3, -0.25) is 0 Å². The fourth-order valence-electron chi connectivity index (χ4n) is 1.27. The molecule has 0 aliphatic heterocycles. The first kappa shape index (κ1) is 12.7. The predicted octanol–water partition coefficient (Wildman–Crippen LogP) is 1.12. The standard InChI is InChI=1S/C9H13BrN6/c1-6(3-11)4-16(2)9-7(10)8(15-12)13-5-14-9/h5-6H,4,12H2,1-2H3,(H,13,14,15). The molecule has 0 fully saturated rings. The summed E-state index contributed by atoms with van der Waals surface area (Å²) < 4.78 is 0.685. The van der Waals surface area contributed by atoms with Crippen LogP contribution in [0.2, 0.25) is 0 Å². The van der Waals surface area contributed by atoms with Gasteiger partial charge in [0, 0.05) is 13.6 Å². The van der Waals surface area contributed by atoms with Crippen LogP contribution >= 0.6 is 15.9 Å². The summed E-state index contributed by atoms with van der Waals surface area (Å²) >= 11 is 3.36. The van der Waals surface area contributed by atoms with Gasteiger partial charge in [0.1, 0.15) is 16.6 Å². The molecule has 0 spiro atoms. The van der Waals surface area contributed by atoms with Crippen LogP contribution in [0, 0.1) is 17.2 Å². The number of hydrogen-bond donors (Lipinski definition) is 2. The Bertz CT molecular complexity index is 401. The van der Waals surface area contributed by atoms with Crippen LogP contribution in [0.3, 0.4) is 0 Å². The number of nitrogens with one attached hydrogen (secondary N) is 1. The molecule has 3 N–H and O–H groups in total. The van der Waals surface area contributed by atoms with E-state index in [4.69, 9.17) is 11.1 Å². The van der Waals surface area contributed by atoms with E-state index in [1.165, 1.54) is 6.33 Å². The number of nitrogens with two attached hydrogens (primary N) is 1. The molecule has 0 aliphatic rings. The second-order valence-corrected chi connectivity index (χ2v) is 4.21. The minimum Gasteiger partial charge on any atom is -0.357 e. The Morgan fingerprint density at radius 3 is 2.94 bits per heavy atom. The molecule has 0 aliphatic carbocycles. The van der Waals surface area contributed by atoms with Crippen molar-refractivity contribution >= 4 is 27.6 Å². The first-order chi connectivity index (χ1) is 7.60. The summed E-state index contributed by atoms with van der Waals surface area (Å²) in [4.78, 5) is 9.97. The third-order valence-corrected chi connectivity index (χ3v) is 2.77. The van der Waals surface area contributed by atoms with Crippen molar-refractivity contribution in [3.05, 3.63) is 10.8 Å². The summed E-state index contributed by atoms with van der Waals surface area (Å²) in [5.74, 6) is 6.45. The van der Waals surface area contributed by atoms with Crippen LogP contribution < -0.4 is 16.2 Å². The molecule has 0 saturated carbocycles. The Morgan fingerprint density at radius 2 is 2.38 bits per heavy atom. The molecule has 1 rings (SSSR count). The Hall–Kier alpha value is -1.39. The molecule has 1 heterocycles. The van der Waals surface area contributed by atoms with E-state index >= 15 is 0 Å². The van der Waals surface area contributed by atoms with Crippen LogP contribution in [0.15, 0.2) is 10.8 Å². The quantitative estimate of drug-likeness (QED) is 0.636. The number of aromatic nitrogens is 2. The Balaban J connectivity index is 2.92. The third-order valence-electron chi connectivity index (χ3n) is 2.04. The number of nitrogens with zero attached hydrogens (tertiary/aromatic N) is 4. The van der Waals surface area contributed by atoms with Gasteiger partial charge in [0.05, 0.1) is 12.0 Å². The van der Waals surface area contributed by atoms with E-state index in [9.17, 15) is 0 Å². The molecule has 86 valence electrons. The molecule has 0 saturated heterocycles. The number of nitriles is 1. The van der Waals surface area contributed by atoms with Crippen molar-refractivity contribution in [2.45, 2.75) is 6.92 Å². The van der Waals surface area contributed by atoms with E-state index < -0.39 is 0 Å². The average Bonchev–Trinajstić information content (AvgIpc) is 2.29. The largest absolute Gasteiger partial charge is 0.357 e. The molecule has 7 heteroatoms. The zero-order chi connectivity index (χ0) is 12.1. The fourth-order valence-corrected chi connectivity index (χ4v) is 1.89. The van der Waals surface area contributed by atoms with Crippen molar-refractivity contribution in [1.29, 1.82) is 5.26 Å². The lowest BCUT2D eigenvalue weighted by molar-refractivity contribution is 0.708. The van der Waals surface area contributed by atoms with Crippen LogP contribution in [0.4, 0.5) is 11.6 Å². The van der Waals surface area contributed by atoms with Crippen molar-refractivity contribution in [1.82, 2.24) is 9.97 Å². The van der Waals surface area contributed by atoms with Gasteiger partial charge in [0.2, 0.25) is 0 Å². The lowest BCUT2D eigenvalue weighted by atomic mass is 10.2. The van der Waals surface area contributed by atoms with Crippen LogP contribution in [0.1, 0.15) is 6.92 Å². The molecule has 0 aromatic carbocycles. The maximum Gasteiger partial charge on any atom is 0.159 e. The Kier molecular flexibility index (Phi) is 4.46. The number of nitrogen functional groups attached to an aromatic ring is 1. The first-order valence-corrected chi connectivity index (χ1v) is 5.47. The number of anilines is 2. The van der Waals surface area contributed by atoms with Gasteiger partial charge >= 0.3 is 0 Å². The molecule has 16 heavy (non-hydrogen) atoms. The van der Waals surface area contributed by atoms with Gasteiger partial charge in [-0.2, -0.15) is 5.26 Å². The summed E-state index contributed by atoms with van der Waals surface area (Å²) in [6.07, 6.45) is 1.42. The van der Waals surface area contributed by atoms with E-state index in [0.29, 0.717) is 22.7 Å². The molecule has 0 bridgehead atoms. The summed E-state index contributed by atoms with van der Waals surface area (Å²) in [7, 11) is 1.86. The number of hydrazine groups is 1. The Morgan fingerprint density at radius 1 is 1.69 bits per heavy atom. The topological polar surface area (TPSA) is 90.9 Å². The van der Waals surface area contributed by atoms with Gasteiger partial charge in [-0.05, 0) is 22.9 Å². The minimum absolute atomic E-state index is 0.0684. The monoisotopic (exact) mass is 284 g/mol. The van der Waals surface area contributed by atoms with Gasteiger partial charge in [0.25, 0.3) is 0 Å². The molecule has 1 aromatic heterocycles. The van der Waals surface area contributed by atoms with E-state index in [0.717, 1.165) is 0 Å². The molecule has 1 unspecified atom stereocenters. The fraction of sp³-hybridized carbons (Fsp3) is 0.444. The van der Waals surface area contributed by atoms with Gasteiger partial charge < -0.3 is 10.3 Å². The maximum atomic E-state index is 8.75.